The highest BCUT2D eigenvalue weighted by molar-refractivity contribution is 7.98. The summed E-state index contributed by atoms with van der Waals surface area (Å²) in [6, 6.07) is 10.8. The Balaban J connectivity index is 1.43. The Morgan fingerprint density at radius 2 is 2.05 bits per heavy atom. The largest absolute Gasteiger partial charge is 0.467 e. The number of para-hydroxylation sites is 1. The van der Waals surface area contributed by atoms with Crippen LogP contribution in [-0.2, 0) is 33.2 Å². The van der Waals surface area contributed by atoms with Gasteiger partial charge in [-0.1, -0.05) is 23.9 Å². The lowest BCUT2D eigenvalue weighted by Crippen LogP contribution is -2.29. The highest BCUT2D eigenvalue weighted by atomic mass is 32.2. The molecular formula is C27H29N3O6S. The van der Waals surface area contributed by atoms with Crippen LogP contribution in [0.2, 0.25) is 0 Å². The minimum atomic E-state index is -0.403. The maximum Gasteiger partial charge on any atom is 0.338 e. The molecule has 0 bridgehead atoms. The molecule has 37 heavy (non-hydrogen) atoms. The van der Waals surface area contributed by atoms with Crippen LogP contribution in [0.1, 0.15) is 47.7 Å². The molecule has 3 heterocycles. The predicted molar refractivity (Wildman–Crippen MR) is 139 cm³/mol. The van der Waals surface area contributed by atoms with E-state index in [-0.39, 0.29) is 24.9 Å². The van der Waals surface area contributed by atoms with E-state index in [1.54, 1.807) is 29.7 Å². The van der Waals surface area contributed by atoms with E-state index in [9.17, 15) is 14.4 Å². The molecule has 2 aliphatic heterocycles. The third kappa shape index (κ3) is 5.50. The van der Waals surface area contributed by atoms with Gasteiger partial charge in [0.2, 0.25) is 5.91 Å². The zero-order valence-corrected chi connectivity index (χ0v) is 21.6. The van der Waals surface area contributed by atoms with Crippen LogP contribution >= 0.6 is 11.8 Å². The first-order chi connectivity index (χ1) is 18.0. The van der Waals surface area contributed by atoms with Gasteiger partial charge >= 0.3 is 5.97 Å². The number of hydrogen-bond acceptors (Lipinski definition) is 8. The summed E-state index contributed by atoms with van der Waals surface area (Å²) in [5.74, 6) is 0.896. The molecule has 0 radical (unpaired) electrons. The van der Waals surface area contributed by atoms with Crippen LogP contribution in [0.5, 0.6) is 5.75 Å². The van der Waals surface area contributed by atoms with Crippen molar-refractivity contribution >= 4 is 34.5 Å². The Kier molecular flexibility index (Phi) is 7.76. The molecule has 0 atom stereocenters. The Morgan fingerprint density at radius 1 is 1.19 bits per heavy atom. The summed E-state index contributed by atoms with van der Waals surface area (Å²) in [5.41, 5.74) is 2.56. The molecule has 0 N–H and O–H groups in total. The van der Waals surface area contributed by atoms with Crippen LogP contribution in [0, 0.1) is 0 Å². The molecule has 1 aromatic heterocycles. The number of benzene rings is 2. The molecule has 2 aliphatic rings. The standard InChI is InChI=1S/C27H29N3O6S/c1-2-35-26(33)18-13-19-15-34-17-36-24(19)20(14-18)16-37-27-28-22-8-4-3-7-21(22)25(32)30(27)12-6-11-29-10-5-9-23(29)31/h3-4,7-8,13-14H,2,5-6,9-12,15-17H2,1H3. The summed E-state index contributed by atoms with van der Waals surface area (Å²) in [5, 5.41) is 1.14. The fraction of sp³-hybridized carbons (Fsp3) is 0.407. The predicted octanol–water partition coefficient (Wildman–Crippen LogP) is 3.74. The summed E-state index contributed by atoms with van der Waals surface area (Å²) in [6.07, 6.45) is 2.15. The van der Waals surface area contributed by atoms with Crippen LogP contribution in [0.15, 0.2) is 46.3 Å². The number of amides is 1. The van der Waals surface area contributed by atoms with Gasteiger partial charge in [0.25, 0.3) is 5.56 Å². The molecule has 0 saturated carbocycles. The van der Waals surface area contributed by atoms with Crippen molar-refractivity contribution in [2.75, 3.05) is 26.5 Å². The molecule has 1 saturated heterocycles. The lowest BCUT2D eigenvalue weighted by molar-refractivity contribution is -0.127. The van der Waals surface area contributed by atoms with Crippen LogP contribution in [0.25, 0.3) is 10.9 Å². The maximum atomic E-state index is 13.4. The van der Waals surface area contributed by atoms with Crippen molar-refractivity contribution in [2.45, 2.75) is 50.2 Å². The number of rotatable bonds is 9. The smallest absolute Gasteiger partial charge is 0.338 e. The average molecular weight is 524 g/mol. The van der Waals surface area contributed by atoms with Crippen LogP contribution in [0.4, 0.5) is 0 Å². The minimum Gasteiger partial charge on any atom is -0.467 e. The summed E-state index contributed by atoms with van der Waals surface area (Å²) >= 11 is 1.42. The van der Waals surface area contributed by atoms with Crippen molar-refractivity contribution in [3.05, 3.63) is 63.4 Å². The molecule has 1 amide bonds. The number of thioether (sulfide) groups is 1. The normalized spacial score (nSPS) is 15.1. The van der Waals surface area contributed by atoms with Crippen molar-refractivity contribution in [1.29, 1.82) is 0 Å². The van der Waals surface area contributed by atoms with E-state index in [4.69, 9.17) is 19.2 Å². The minimum absolute atomic E-state index is 0.104. The van der Waals surface area contributed by atoms with Gasteiger partial charge < -0.3 is 19.1 Å². The van der Waals surface area contributed by atoms with Gasteiger partial charge in [-0.15, -0.1) is 0 Å². The molecular weight excluding hydrogens is 494 g/mol. The van der Waals surface area contributed by atoms with Gasteiger partial charge in [0.1, 0.15) is 5.75 Å². The fourth-order valence-electron chi connectivity index (χ4n) is 4.70. The number of fused-ring (bicyclic) bond motifs is 2. The number of carbonyl (C=O) groups excluding carboxylic acids is 2. The molecule has 0 aliphatic carbocycles. The molecule has 2 aromatic carbocycles. The lowest BCUT2D eigenvalue weighted by Gasteiger charge is -2.22. The van der Waals surface area contributed by atoms with Gasteiger partial charge in [-0.25, -0.2) is 9.78 Å². The van der Waals surface area contributed by atoms with Crippen LogP contribution in [0.3, 0.4) is 0 Å². The van der Waals surface area contributed by atoms with E-state index in [1.807, 2.05) is 23.1 Å². The summed E-state index contributed by atoms with van der Waals surface area (Å²) in [6.45, 7) is 4.37. The van der Waals surface area contributed by atoms with Crippen molar-refractivity contribution in [3.63, 3.8) is 0 Å². The molecule has 3 aromatic rings. The van der Waals surface area contributed by atoms with Gasteiger partial charge in [0, 0.05) is 42.9 Å². The van der Waals surface area contributed by atoms with Crippen molar-refractivity contribution in [2.24, 2.45) is 0 Å². The van der Waals surface area contributed by atoms with Crippen molar-refractivity contribution < 1.29 is 23.8 Å². The van der Waals surface area contributed by atoms with Gasteiger partial charge in [-0.2, -0.15) is 0 Å². The molecule has 1 fully saturated rings. The van der Waals surface area contributed by atoms with E-state index in [0.717, 1.165) is 24.1 Å². The number of ether oxygens (including phenoxy) is 3. The van der Waals surface area contributed by atoms with E-state index >= 15 is 0 Å². The van der Waals surface area contributed by atoms with Gasteiger partial charge in [0.05, 0.1) is 29.7 Å². The second-order valence-corrected chi connectivity index (χ2v) is 9.89. The highest BCUT2D eigenvalue weighted by Gasteiger charge is 2.22. The zero-order chi connectivity index (χ0) is 25.8. The Hall–Kier alpha value is -3.37. The quantitative estimate of drug-likeness (QED) is 0.238. The van der Waals surface area contributed by atoms with E-state index in [2.05, 4.69) is 0 Å². The number of hydrogen-bond donors (Lipinski definition) is 0. The number of likely N-dealkylation sites (tertiary alicyclic amines) is 1. The molecule has 0 unspecified atom stereocenters. The first-order valence-electron chi connectivity index (χ1n) is 12.5. The second-order valence-electron chi connectivity index (χ2n) is 8.95. The number of aromatic nitrogens is 2. The van der Waals surface area contributed by atoms with E-state index < -0.39 is 5.97 Å². The highest BCUT2D eigenvalue weighted by Crippen LogP contribution is 2.34. The lowest BCUT2D eigenvalue weighted by atomic mass is 10.0. The Bertz CT molecular complexity index is 1390. The molecule has 0 spiro atoms. The van der Waals surface area contributed by atoms with Crippen LogP contribution < -0.4 is 10.3 Å². The summed E-state index contributed by atoms with van der Waals surface area (Å²) < 4.78 is 18.1. The van der Waals surface area contributed by atoms with Crippen molar-refractivity contribution in [3.8, 4) is 5.75 Å². The van der Waals surface area contributed by atoms with Gasteiger partial charge in [-0.3, -0.25) is 14.2 Å². The Morgan fingerprint density at radius 3 is 2.86 bits per heavy atom. The van der Waals surface area contributed by atoms with E-state index in [1.165, 1.54) is 11.8 Å². The summed E-state index contributed by atoms with van der Waals surface area (Å²) in [4.78, 5) is 44.6. The zero-order valence-electron chi connectivity index (χ0n) is 20.7. The van der Waals surface area contributed by atoms with E-state index in [0.29, 0.717) is 65.7 Å². The van der Waals surface area contributed by atoms with Crippen molar-refractivity contribution in [1.82, 2.24) is 14.5 Å². The third-order valence-electron chi connectivity index (χ3n) is 6.46. The monoisotopic (exact) mass is 523 g/mol. The number of carbonyl (C=O) groups is 2. The number of nitrogens with zero attached hydrogens (tertiary/aromatic N) is 3. The molecule has 194 valence electrons. The molecule has 5 rings (SSSR count). The SMILES string of the molecule is CCOC(=O)c1cc2c(c(CSc3nc4ccccc4c(=O)n3CCCN3CCCC3=O)c1)OCOC2. The Labute approximate surface area is 218 Å². The third-order valence-corrected chi connectivity index (χ3v) is 7.49. The maximum absolute atomic E-state index is 13.4. The first-order valence-corrected chi connectivity index (χ1v) is 13.5. The molecule has 10 heteroatoms. The topological polar surface area (TPSA) is 100.0 Å². The second kappa shape index (κ2) is 11.4. The van der Waals surface area contributed by atoms with Gasteiger partial charge in [0.15, 0.2) is 11.9 Å². The number of esters is 1. The van der Waals surface area contributed by atoms with Gasteiger partial charge in [-0.05, 0) is 44.0 Å². The first kappa shape index (κ1) is 25.3. The summed E-state index contributed by atoms with van der Waals surface area (Å²) in [7, 11) is 0. The van der Waals surface area contributed by atoms with Crippen LogP contribution in [-0.4, -0.2) is 52.8 Å². The molecule has 9 nitrogen and oxygen atoms in total. The average Bonchev–Trinajstić information content (AvgIpc) is 3.33. The fourth-order valence-corrected chi connectivity index (χ4v) is 5.69.